The van der Waals surface area contributed by atoms with Crippen LogP contribution in [0.3, 0.4) is 0 Å². The Bertz CT molecular complexity index is 1090. The lowest BCUT2D eigenvalue weighted by atomic mass is 9.98. The average molecular weight is 391 g/mol. The Morgan fingerprint density at radius 1 is 1.07 bits per heavy atom. The fraction of sp³-hybridized carbons (Fsp3) is 0.227. The van der Waals surface area contributed by atoms with E-state index in [0.29, 0.717) is 23.1 Å². The lowest BCUT2D eigenvalue weighted by Crippen LogP contribution is -2.13. The normalized spacial score (nSPS) is 13.5. The Hall–Kier alpha value is -2.86. The van der Waals surface area contributed by atoms with Gasteiger partial charge in [-0.25, -0.2) is 0 Å². The molecule has 0 bridgehead atoms. The minimum Gasteiger partial charge on any atom is -0.416 e. The third-order valence-corrected chi connectivity index (χ3v) is 5.73. The van der Waals surface area contributed by atoms with Gasteiger partial charge in [-0.05, 0) is 24.5 Å². The van der Waals surface area contributed by atoms with Crippen LogP contribution < -0.4 is 0 Å². The van der Waals surface area contributed by atoms with E-state index in [0.717, 1.165) is 10.9 Å². The van der Waals surface area contributed by atoms with Gasteiger partial charge in [0.05, 0.1) is 5.25 Å². The van der Waals surface area contributed by atoms with E-state index in [1.165, 1.54) is 17.3 Å². The summed E-state index contributed by atoms with van der Waals surface area (Å²) in [7, 11) is 0. The first kappa shape index (κ1) is 18.5. The SMILES string of the molecule is CC(Sc1nnc(CC(C)c2ccccc2)o1)C(=O)c1c[nH]c2ccccc12. The molecule has 2 aromatic heterocycles. The first-order chi connectivity index (χ1) is 13.6. The van der Waals surface area contributed by atoms with Crippen molar-refractivity contribution in [3.63, 3.8) is 0 Å². The molecule has 2 unspecified atom stereocenters. The van der Waals surface area contributed by atoms with Gasteiger partial charge in [0.2, 0.25) is 5.89 Å². The quantitative estimate of drug-likeness (QED) is 0.344. The number of thioether (sulfide) groups is 1. The Kier molecular flexibility index (Phi) is 5.30. The Balaban J connectivity index is 1.42. The minimum absolute atomic E-state index is 0.0415. The third kappa shape index (κ3) is 3.87. The van der Waals surface area contributed by atoms with E-state index in [4.69, 9.17) is 4.42 Å². The minimum atomic E-state index is -0.320. The van der Waals surface area contributed by atoms with Crippen molar-refractivity contribution in [2.45, 2.75) is 36.7 Å². The van der Waals surface area contributed by atoms with Crippen LogP contribution in [0.15, 0.2) is 70.4 Å². The molecule has 4 rings (SSSR count). The van der Waals surface area contributed by atoms with Crippen molar-refractivity contribution in [2.75, 3.05) is 0 Å². The number of nitrogens with one attached hydrogen (secondary N) is 1. The molecule has 0 aliphatic rings. The Morgan fingerprint density at radius 3 is 2.64 bits per heavy atom. The summed E-state index contributed by atoms with van der Waals surface area (Å²) in [5, 5.41) is 9.31. The maximum Gasteiger partial charge on any atom is 0.277 e. The Morgan fingerprint density at radius 2 is 1.82 bits per heavy atom. The molecule has 1 N–H and O–H groups in total. The smallest absolute Gasteiger partial charge is 0.277 e. The number of ketones is 1. The van der Waals surface area contributed by atoms with Crippen LogP contribution in [0.4, 0.5) is 0 Å². The zero-order valence-electron chi connectivity index (χ0n) is 15.8. The molecule has 0 amide bonds. The Labute approximate surface area is 167 Å². The van der Waals surface area contributed by atoms with Crippen LogP contribution in [-0.4, -0.2) is 26.2 Å². The van der Waals surface area contributed by atoms with Gasteiger partial charge in [0, 0.05) is 29.1 Å². The lowest BCUT2D eigenvalue weighted by Gasteiger charge is -2.08. The summed E-state index contributed by atoms with van der Waals surface area (Å²) in [5.74, 6) is 0.912. The largest absolute Gasteiger partial charge is 0.416 e. The second-order valence-corrected chi connectivity index (χ2v) is 8.14. The number of hydrogen-bond acceptors (Lipinski definition) is 5. The van der Waals surface area contributed by atoms with Crippen LogP contribution in [-0.2, 0) is 6.42 Å². The van der Waals surface area contributed by atoms with E-state index in [2.05, 4.69) is 34.2 Å². The number of aromatic nitrogens is 3. The fourth-order valence-electron chi connectivity index (χ4n) is 3.23. The maximum atomic E-state index is 12.9. The van der Waals surface area contributed by atoms with Crippen molar-refractivity contribution in [1.82, 2.24) is 15.2 Å². The molecule has 0 radical (unpaired) electrons. The lowest BCUT2D eigenvalue weighted by molar-refractivity contribution is 0.0995. The van der Waals surface area contributed by atoms with Gasteiger partial charge in [-0.3, -0.25) is 4.79 Å². The molecule has 0 saturated carbocycles. The number of nitrogens with zero attached hydrogens (tertiary/aromatic N) is 2. The highest BCUT2D eigenvalue weighted by molar-refractivity contribution is 8.00. The van der Waals surface area contributed by atoms with Gasteiger partial charge in [0.1, 0.15) is 0 Å². The molecule has 2 aromatic carbocycles. The van der Waals surface area contributed by atoms with Crippen LogP contribution in [0.2, 0.25) is 0 Å². The van der Waals surface area contributed by atoms with E-state index in [1.54, 1.807) is 6.20 Å². The number of benzene rings is 2. The van der Waals surface area contributed by atoms with Gasteiger partial charge < -0.3 is 9.40 Å². The first-order valence-electron chi connectivity index (χ1n) is 9.26. The molecule has 5 nitrogen and oxygen atoms in total. The fourth-order valence-corrected chi connectivity index (χ4v) is 4.00. The van der Waals surface area contributed by atoms with Crippen LogP contribution in [0.25, 0.3) is 10.9 Å². The van der Waals surface area contributed by atoms with Crippen molar-refractivity contribution in [2.24, 2.45) is 0 Å². The number of H-pyrrole nitrogens is 1. The summed E-state index contributed by atoms with van der Waals surface area (Å²) in [6, 6.07) is 18.0. The summed E-state index contributed by atoms with van der Waals surface area (Å²) in [4.78, 5) is 16.0. The monoisotopic (exact) mass is 391 g/mol. The van der Waals surface area contributed by atoms with Gasteiger partial charge >= 0.3 is 0 Å². The van der Waals surface area contributed by atoms with Gasteiger partial charge in [-0.2, -0.15) is 0 Å². The highest BCUT2D eigenvalue weighted by Crippen LogP contribution is 2.28. The predicted octanol–water partition coefficient (Wildman–Crippen LogP) is 5.26. The van der Waals surface area contributed by atoms with Gasteiger partial charge in [0.25, 0.3) is 5.22 Å². The predicted molar refractivity (Wildman–Crippen MR) is 111 cm³/mol. The van der Waals surface area contributed by atoms with Crippen LogP contribution in [0.1, 0.15) is 41.6 Å². The molecule has 0 saturated heterocycles. The van der Waals surface area contributed by atoms with Gasteiger partial charge in [-0.15, -0.1) is 10.2 Å². The molecule has 0 aliphatic carbocycles. The molecule has 0 fully saturated rings. The van der Waals surface area contributed by atoms with E-state index < -0.39 is 0 Å². The third-order valence-electron chi connectivity index (χ3n) is 4.80. The molecule has 2 atom stereocenters. The number of fused-ring (bicyclic) bond motifs is 1. The molecule has 0 spiro atoms. The zero-order valence-corrected chi connectivity index (χ0v) is 16.6. The summed E-state index contributed by atoms with van der Waals surface area (Å²) in [6.07, 6.45) is 2.44. The van der Waals surface area contributed by atoms with E-state index in [9.17, 15) is 4.79 Å². The van der Waals surface area contributed by atoms with Crippen molar-refractivity contribution < 1.29 is 9.21 Å². The number of hydrogen-bond donors (Lipinski definition) is 1. The standard InChI is InChI=1S/C22H21N3O2S/c1-14(16-8-4-3-5-9-16)12-20-24-25-22(27-20)28-15(2)21(26)18-13-23-19-11-7-6-10-17(18)19/h3-11,13-15,23H,12H2,1-2H3. The summed E-state index contributed by atoms with van der Waals surface area (Å²) in [6.45, 7) is 4.00. The molecule has 142 valence electrons. The van der Waals surface area contributed by atoms with Crippen molar-refractivity contribution >= 4 is 28.4 Å². The van der Waals surface area contributed by atoms with Crippen molar-refractivity contribution in [3.8, 4) is 0 Å². The maximum absolute atomic E-state index is 12.9. The average Bonchev–Trinajstić information content (AvgIpc) is 3.35. The number of rotatable bonds is 7. The van der Waals surface area contributed by atoms with Crippen molar-refractivity contribution in [1.29, 1.82) is 0 Å². The number of Topliss-reactive ketones (excluding diaryl/α,β-unsaturated/α-hetero) is 1. The second-order valence-electron chi connectivity index (χ2n) is 6.85. The van der Waals surface area contributed by atoms with E-state index in [1.807, 2.05) is 49.4 Å². The highest BCUT2D eigenvalue weighted by Gasteiger charge is 2.22. The first-order valence-corrected chi connectivity index (χ1v) is 10.1. The highest BCUT2D eigenvalue weighted by atomic mass is 32.2. The summed E-state index contributed by atoms with van der Waals surface area (Å²) in [5.41, 5.74) is 2.88. The van der Waals surface area contributed by atoms with Crippen LogP contribution >= 0.6 is 11.8 Å². The number of carbonyl (C=O) groups excluding carboxylic acids is 1. The molecule has 0 aliphatic heterocycles. The molecule has 4 aromatic rings. The van der Waals surface area contributed by atoms with Crippen LogP contribution in [0.5, 0.6) is 0 Å². The number of para-hydroxylation sites is 1. The van der Waals surface area contributed by atoms with Gasteiger partial charge in [-0.1, -0.05) is 67.2 Å². The van der Waals surface area contributed by atoms with E-state index >= 15 is 0 Å². The van der Waals surface area contributed by atoms with Gasteiger partial charge in [0.15, 0.2) is 5.78 Å². The van der Waals surface area contributed by atoms with Crippen molar-refractivity contribution in [3.05, 3.63) is 77.8 Å². The molecule has 2 heterocycles. The molecular weight excluding hydrogens is 370 g/mol. The van der Waals surface area contributed by atoms with E-state index in [-0.39, 0.29) is 17.0 Å². The number of carbonyl (C=O) groups is 1. The summed E-state index contributed by atoms with van der Waals surface area (Å²) < 4.78 is 5.78. The topological polar surface area (TPSA) is 71.8 Å². The number of aromatic amines is 1. The zero-order chi connectivity index (χ0) is 19.5. The molecule has 6 heteroatoms. The summed E-state index contributed by atoms with van der Waals surface area (Å²) >= 11 is 1.30. The van der Waals surface area contributed by atoms with Crippen LogP contribution in [0, 0.1) is 0 Å². The molecular formula is C22H21N3O2S. The molecule has 28 heavy (non-hydrogen) atoms. The second kappa shape index (κ2) is 8.02.